The third-order valence-electron chi connectivity index (χ3n) is 4.05. The van der Waals surface area contributed by atoms with Crippen LogP contribution in [0.1, 0.15) is 25.7 Å². The number of halogens is 1. The summed E-state index contributed by atoms with van der Waals surface area (Å²) in [6.07, 6.45) is 5.12. The lowest BCUT2D eigenvalue weighted by Crippen LogP contribution is -2.40. The zero-order chi connectivity index (χ0) is 14.8. The van der Waals surface area contributed by atoms with Crippen molar-refractivity contribution in [2.45, 2.75) is 31.7 Å². The number of carbonyl (C=O) groups is 1. The van der Waals surface area contributed by atoms with Crippen molar-refractivity contribution < 1.29 is 9.18 Å². The van der Waals surface area contributed by atoms with E-state index in [0.717, 1.165) is 25.7 Å². The number of carbonyl (C=O) groups excluding carboxylic acids is 1. The van der Waals surface area contributed by atoms with Crippen molar-refractivity contribution in [2.75, 3.05) is 5.32 Å². The molecule has 1 heterocycles. The molecule has 1 aromatic heterocycles. The number of primary amides is 1. The number of nitrogens with one attached hydrogen (secondary N) is 1. The van der Waals surface area contributed by atoms with Gasteiger partial charge in [-0.25, -0.2) is 14.4 Å². The molecule has 6 heteroatoms. The monoisotopic (exact) mass is 288 g/mol. The van der Waals surface area contributed by atoms with Gasteiger partial charge in [-0.15, -0.1) is 0 Å². The number of benzene rings is 1. The predicted molar refractivity (Wildman–Crippen MR) is 78.1 cm³/mol. The summed E-state index contributed by atoms with van der Waals surface area (Å²) in [5.41, 5.74) is 6.14. The van der Waals surface area contributed by atoms with Crippen LogP contribution in [0.5, 0.6) is 0 Å². The van der Waals surface area contributed by atoms with E-state index >= 15 is 0 Å². The molecule has 2 unspecified atom stereocenters. The largest absolute Gasteiger partial charge is 0.369 e. The Balaban J connectivity index is 1.93. The second kappa shape index (κ2) is 5.63. The summed E-state index contributed by atoms with van der Waals surface area (Å²) in [5.74, 6) is -0.290. The van der Waals surface area contributed by atoms with Crippen molar-refractivity contribution >= 4 is 22.6 Å². The van der Waals surface area contributed by atoms with Crippen LogP contribution < -0.4 is 11.1 Å². The van der Waals surface area contributed by atoms with Gasteiger partial charge in [-0.05, 0) is 31.0 Å². The van der Waals surface area contributed by atoms with Gasteiger partial charge < -0.3 is 11.1 Å². The third-order valence-corrected chi connectivity index (χ3v) is 4.05. The molecule has 3 rings (SSSR count). The molecular weight excluding hydrogens is 271 g/mol. The van der Waals surface area contributed by atoms with Gasteiger partial charge in [0.2, 0.25) is 5.91 Å². The average molecular weight is 288 g/mol. The number of nitrogens with two attached hydrogens (primary N) is 1. The molecule has 21 heavy (non-hydrogen) atoms. The van der Waals surface area contributed by atoms with Crippen LogP contribution in [-0.2, 0) is 4.79 Å². The molecule has 1 aliphatic rings. The Labute approximate surface area is 121 Å². The topological polar surface area (TPSA) is 80.9 Å². The number of aromatic nitrogens is 2. The van der Waals surface area contributed by atoms with Crippen LogP contribution >= 0.6 is 0 Å². The maximum Gasteiger partial charge on any atom is 0.222 e. The van der Waals surface area contributed by atoms with Gasteiger partial charge in [-0.3, -0.25) is 4.79 Å². The smallest absolute Gasteiger partial charge is 0.222 e. The molecule has 0 saturated heterocycles. The van der Waals surface area contributed by atoms with Crippen molar-refractivity contribution in [1.29, 1.82) is 0 Å². The van der Waals surface area contributed by atoms with E-state index < -0.39 is 0 Å². The fourth-order valence-corrected chi connectivity index (χ4v) is 2.96. The average Bonchev–Trinajstić information content (AvgIpc) is 2.48. The minimum atomic E-state index is -0.338. The van der Waals surface area contributed by atoms with Gasteiger partial charge in [0.05, 0.1) is 11.4 Å². The molecule has 1 saturated carbocycles. The van der Waals surface area contributed by atoms with Gasteiger partial charge in [0.25, 0.3) is 0 Å². The van der Waals surface area contributed by atoms with E-state index in [1.54, 1.807) is 6.07 Å². The van der Waals surface area contributed by atoms with Crippen LogP contribution in [0.15, 0.2) is 24.5 Å². The number of rotatable bonds is 3. The summed E-state index contributed by atoms with van der Waals surface area (Å²) in [5, 5.41) is 3.88. The summed E-state index contributed by atoms with van der Waals surface area (Å²) in [4.78, 5) is 19.9. The van der Waals surface area contributed by atoms with Gasteiger partial charge in [-0.1, -0.05) is 12.8 Å². The summed E-state index contributed by atoms with van der Waals surface area (Å²) < 4.78 is 13.4. The van der Waals surface area contributed by atoms with Crippen LogP contribution in [0.2, 0.25) is 0 Å². The van der Waals surface area contributed by atoms with Crippen LogP contribution in [0.25, 0.3) is 10.9 Å². The van der Waals surface area contributed by atoms with Crippen molar-refractivity contribution in [1.82, 2.24) is 9.97 Å². The van der Waals surface area contributed by atoms with Crippen molar-refractivity contribution in [3.05, 3.63) is 30.3 Å². The standard InChI is InChI=1S/C15H17FN4O/c16-9-5-6-12-11(7-9)15(19-8-18-12)20-13-4-2-1-3-10(13)14(17)21/h5-8,10,13H,1-4H2,(H2,17,21)(H,18,19,20). The normalized spacial score (nSPS) is 22.1. The minimum Gasteiger partial charge on any atom is -0.369 e. The second-order valence-corrected chi connectivity index (χ2v) is 5.43. The molecule has 1 aliphatic carbocycles. The predicted octanol–water partition coefficient (Wildman–Crippen LogP) is 2.22. The lowest BCUT2D eigenvalue weighted by molar-refractivity contribution is -0.122. The summed E-state index contributed by atoms with van der Waals surface area (Å²) in [6.45, 7) is 0. The van der Waals surface area contributed by atoms with E-state index in [9.17, 15) is 9.18 Å². The van der Waals surface area contributed by atoms with E-state index in [1.807, 2.05) is 0 Å². The van der Waals surface area contributed by atoms with E-state index in [1.165, 1.54) is 18.5 Å². The molecular formula is C15H17FN4O. The maximum atomic E-state index is 13.4. The van der Waals surface area contributed by atoms with Crippen LogP contribution in [0.3, 0.4) is 0 Å². The minimum absolute atomic E-state index is 0.0578. The fraction of sp³-hybridized carbons (Fsp3) is 0.400. The quantitative estimate of drug-likeness (QED) is 0.907. The zero-order valence-corrected chi connectivity index (χ0v) is 11.6. The first-order valence-electron chi connectivity index (χ1n) is 7.11. The Kier molecular flexibility index (Phi) is 3.68. The molecule has 0 bridgehead atoms. The number of fused-ring (bicyclic) bond motifs is 1. The van der Waals surface area contributed by atoms with Gasteiger partial charge in [0.15, 0.2) is 0 Å². The molecule has 1 fully saturated rings. The fourth-order valence-electron chi connectivity index (χ4n) is 2.96. The number of amides is 1. The molecule has 0 radical (unpaired) electrons. The molecule has 0 aliphatic heterocycles. The van der Waals surface area contributed by atoms with Gasteiger partial charge in [-0.2, -0.15) is 0 Å². The van der Waals surface area contributed by atoms with E-state index in [4.69, 9.17) is 5.73 Å². The SMILES string of the molecule is NC(=O)C1CCCCC1Nc1ncnc2ccc(F)cc12. The molecule has 2 aromatic rings. The molecule has 5 nitrogen and oxygen atoms in total. The van der Waals surface area contributed by atoms with Crippen LogP contribution in [-0.4, -0.2) is 21.9 Å². The van der Waals surface area contributed by atoms with Crippen molar-refractivity contribution in [2.24, 2.45) is 11.7 Å². The molecule has 1 amide bonds. The zero-order valence-electron chi connectivity index (χ0n) is 11.6. The van der Waals surface area contributed by atoms with E-state index in [2.05, 4.69) is 15.3 Å². The van der Waals surface area contributed by atoms with Crippen molar-refractivity contribution in [3.8, 4) is 0 Å². The maximum absolute atomic E-state index is 13.4. The molecule has 3 N–H and O–H groups in total. The lowest BCUT2D eigenvalue weighted by atomic mass is 9.84. The molecule has 0 spiro atoms. The Hall–Kier alpha value is -2.24. The van der Waals surface area contributed by atoms with Gasteiger partial charge in [0, 0.05) is 11.4 Å². The highest BCUT2D eigenvalue weighted by molar-refractivity contribution is 5.89. The Bertz CT molecular complexity index is 676. The number of anilines is 1. The number of hydrogen-bond donors (Lipinski definition) is 2. The van der Waals surface area contributed by atoms with Gasteiger partial charge in [0.1, 0.15) is 18.0 Å². The van der Waals surface area contributed by atoms with E-state index in [-0.39, 0.29) is 23.7 Å². The Morgan fingerprint density at radius 3 is 2.90 bits per heavy atom. The molecule has 110 valence electrons. The van der Waals surface area contributed by atoms with Gasteiger partial charge >= 0.3 is 0 Å². The Morgan fingerprint density at radius 2 is 2.10 bits per heavy atom. The van der Waals surface area contributed by atoms with Crippen molar-refractivity contribution in [3.63, 3.8) is 0 Å². The number of hydrogen-bond acceptors (Lipinski definition) is 4. The highest BCUT2D eigenvalue weighted by Gasteiger charge is 2.29. The van der Waals surface area contributed by atoms with Crippen LogP contribution in [0, 0.1) is 11.7 Å². The highest BCUT2D eigenvalue weighted by Crippen LogP contribution is 2.29. The Morgan fingerprint density at radius 1 is 1.29 bits per heavy atom. The van der Waals surface area contributed by atoms with E-state index in [0.29, 0.717) is 16.7 Å². The molecule has 1 aromatic carbocycles. The van der Waals surface area contributed by atoms with Crippen LogP contribution in [0.4, 0.5) is 10.2 Å². The second-order valence-electron chi connectivity index (χ2n) is 5.43. The summed E-state index contributed by atoms with van der Waals surface area (Å²) in [7, 11) is 0. The third kappa shape index (κ3) is 2.79. The lowest BCUT2D eigenvalue weighted by Gasteiger charge is -2.30. The first-order valence-corrected chi connectivity index (χ1v) is 7.11. The number of nitrogens with zero attached hydrogens (tertiary/aromatic N) is 2. The first kappa shape index (κ1) is 13.7. The molecule has 2 atom stereocenters. The summed E-state index contributed by atoms with van der Waals surface area (Å²) in [6, 6.07) is 4.33. The highest BCUT2D eigenvalue weighted by atomic mass is 19.1. The summed E-state index contributed by atoms with van der Waals surface area (Å²) >= 11 is 0. The first-order chi connectivity index (χ1) is 10.1.